The highest BCUT2D eigenvalue weighted by Gasteiger charge is 2.10. The van der Waals surface area contributed by atoms with Crippen LogP contribution in [0.15, 0.2) is 24.3 Å². The topological polar surface area (TPSA) is 70.7 Å². The molecule has 1 aromatic rings. The molecule has 0 spiro atoms. The van der Waals surface area contributed by atoms with Gasteiger partial charge in [0.15, 0.2) is 0 Å². The average molecular weight is 293 g/mol. The van der Waals surface area contributed by atoms with Crippen molar-refractivity contribution in [3.8, 4) is 5.75 Å². The van der Waals surface area contributed by atoms with Gasteiger partial charge in [-0.25, -0.2) is 4.79 Å². The van der Waals surface area contributed by atoms with Crippen molar-refractivity contribution in [2.24, 2.45) is 0 Å². The van der Waals surface area contributed by atoms with E-state index in [-0.39, 0.29) is 12.5 Å². The predicted molar refractivity (Wildman–Crippen MR) is 82.6 cm³/mol. The maximum absolute atomic E-state index is 11.7. The first-order valence-corrected chi connectivity index (χ1v) is 6.98. The Morgan fingerprint density at radius 3 is 2.48 bits per heavy atom. The van der Waals surface area contributed by atoms with Crippen LogP contribution in [0.1, 0.15) is 19.8 Å². The van der Waals surface area contributed by atoms with Crippen LogP contribution in [0, 0.1) is 0 Å². The zero-order valence-corrected chi connectivity index (χ0v) is 12.8. The molecule has 0 aliphatic heterocycles. The normalized spacial score (nSPS) is 10.3. The quantitative estimate of drug-likeness (QED) is 0.807. The summed E-state index contributed by atoms with van der Waals surface area (Å²) in [6.45, 7) is 3.14. The molecule has 0 radical (unpaired) electrons. The van der Waals surface area contributed by atoms with E-state index in [0.717, 1.165) is 19.4 Å². The van der Waals surface area contributed by atoms with Gasteiger partial charge >= 0.3 is 6.03 Å². The van der Waals surface area contributed by atoms with E-state index in [2.05, 4.69) is 17.6 Å². The lowest BCUT2D eigenvalue weighted by molar-refractivity contribution is -0.120. The van der Waals surface area contributed by atoms with Gasteiger partial charge in [0.25, 0.3) is 0 Å². The van der Waals surface area contributed by atoms with Gasteiger partial charge in [0.05, 0.1) is 13.7 Å². The number of amides is 3. The first-order valence-electron chi connectivity index (χ1n) is 6.98. The van der Waals surface area contributed by atoms with Crippen molar-refractivity contribution in [1.82, 2.24) is 10.2 Å². The molecule has 0 heterocycles. The molecule has 0 bridgehead atoms. The summed E-state index contributed by atoms with van der Waals surface area (Å²) in [5.74, 6) is 0.384. The van der Waals surface area contributed by atoms with E-state index in [1.165, 1.54) is 0 Å². The van der Waals surface area contributed by atoms with E-state index in [1.807, 2.05) is 11.9 Å². The van der Waals surface area contributed by atoms with Crippen molar-refractivity contribution in [2.45, 2.75) is 19.8 Å². The van der Waals surface area contributed by atoms with Crippen molar-refractivity contribution in [2.75, 3.05) is 32.6 Å². The summed E-state index contributed by atoms with van der Waals surface area (Å²) in [6, 6.07) is 6.34. The van der Waals surface area contributed by atoms with E-state index < -0.39 is 6.03 Å². The van der Waals surface area contributed by atoms with Crippen LogP contribution in [-0.4, -0.2) is 44.1 Å². The van der Waals surface area contributed by atoms with Crippen molar-refractivity contribution < 1.29 is 14.3 Å². The van der Waals surface area contributed by atoms with Crippen molar-refractivity contribution >= 4 is 17.6 Å². The van der Waals surface area contributed by atoms with E-state index in [1.54, 1.807) is 31.4 Å². The summed E-state index contributed by atoms with van der Waals surface area (Å²) >= 11 is 0. The standard InChI is InChI=1S/C15H23N3O3/c1-4-5-10-18(2)11-14(19)17-15(20)16-12-6-8-13(21-3)9-7-12/h6-9H,4-5,10-11H2,1-3H3,(H2,16,17,19,20). The van der Waals surface area contributed by atoms with E-state index in [4.69, 9.17) is 4.74 Å². The lowest BCUT2D eigenvalue weighted by Crippen LogP contribution is -2.40. The maximum atomic E-state index is 11.7. The summed E-state index contributed by atoms with van der Waals surface area (Å²) in [6.07, 6.45) is 2.10. The van der Waals surface area contributed by atoms with Gasteiger partial charge in [-0.3, -0.25) is 15.0 Å². The number of methoxy groups -OCH3 is 1. The highest BCUT2D eigenvalue weighted by Crippen LogP contribution is 2.14. The number of nitrogens with zero attached hydrogens (tertiary/aromatic N) is 1. The third-order valence-electron chi connectivity index (χ3n) is 2.91. The first kappa shape index (κ1) is 17.0. The fourth-order valence-electron chi connectivity index (χ4n) is 1.76. The molecule has 3 amide bonds. The SMILES string of the molecule is CCCCN(C)CC(=O)NC(=O)Nc1ccc(OC)cc1. The minimum atomic E-state index is -0.533. The number of ether oxygens (including phenoxy) is 1. The molecule has 116 valence electrons. The summed E-state index contributed by atoms with van der Waals surface area (Å²) in [5.41, 5.74) is 0.598. The Bertz CT molecular complexity index is 460. The largest absolute Gasteiger partial charge is 0.497 e. The summed E-state index contributed by atoms with van der Waals surface area (Å²) < 4.78 is 5.03. The van der Waals surface area contributed by atoms with Crippen LogP contribution in [-0.2, 0) is 4.79 Å². The van der Waals surface area contributed by atoms with Crippen LogP contribution in [0.4, 0.5) is 10.5 Å². The summed E-state index contributed by atoms with van der Waals surface area (Å²) in [4.78, 5) is 25.3. The Hall–Kier alpha value is -2.08. The van der Waals surface area contributed by atoms with Crippen LogP contribution in [0.3, 0.4) is 0 Å². The molecule has 0 saturated carbocycles. The monoisotopic (exact) mass is 293 g/mol. The van der Waals surface area contributed by atoms with Gasteiger partial charge in [-0.05, 0) is 44.3 Å². The number of nitrogens with one attached hydrogen (secondary N) is 2. The van der Waals surface area contributed by atoms with Crippen LogP contribution >= 0.6 is 0 Å². The highest BCUT2D eigenvalue weighted by molar-refractivity contribution is 6.01. The number of carbonyl (C=O) groups excluding carboxylic acids is 2. The van der Waals surface area contributed by atoms with Crippen molar-refractivity contribution in [1.29, 1.82) is 0 Å². The fourth-order valence-corrected chi connectivity index (χ4v) is 1.76. The number of urea groups is 1. The van der Waals surface area contributed by atoms with Gasteiger partial charge < -0.3 is 10.1 Å². The Morgan fingerprint density at radius 2 is 1.90 bits per heavy atom. The number of unbranched alkanes of at least 4 members (excludes halogenated alkanes) is 1. The summed E-state index contributed by atoms with van der Waals surface area (Å²) in [5, 5.41) is 4.90. The zero-order valence-electron chi connectivity index (χ0n) is 12.8. The molecule has 0 saturated heterocycles. The number of imide groups is 1. The second kappa shape index (κ2) is 8.97. The minimum absolute atomic E-state index is 0.204. The predicted octanol–water partition coefficient (Wildman–Crippen LogP) is 2.08. The molecule has 0 aromatic heterocycles. The third kappa shape index (κ3) is 6.76. The molecule has 1 aromatic carbocycles. The average Bonchev–Trinajstić information content (AvgIpc) is 2.45. The lowest BCUT2D eigenvalue weighted by Gasteiger charge is -2.15. The van der Waals surface area contributed by atoms with E-state index in [9.17, 15) is 9.59 Å². The smallest absolute Gasteiger partial charge is 0.325 e. The number of likely N-dealkylation sites (N-methyl/N-ethyl adjacent to an activating group) is 1. The summed E-state index contributed by atoms with van der Waals surface area (Å²) in [7, 11) is 3.43. The number of anilines is 1. The Labute approximate surface area is 125 Å². The second-order valence-corrected chi connectivity index (χ2v) is 4.82. The molecule has 6 nitrogen and oxygen atoms in total. The molecule has 2 N–H and O–H groups in total. The van der Waals surface area contributed by atoms with E-state index >= 15 is 0 Å². The number of hydrogen-bond donors (Lipinski definition) is 2. The van der Waals surface area contributed by atoms with Crippen LogP contribution in [0.25, 0.3) is 0 Å². The molecule has 0 fully saturated rings. The van der Waals surface area contributed by atoms with E-state index in [0.29, 0.717) is 11.4 Å². The molecule has 1 rings (SSSR count). The highest BCUT2D eigenvalue weighted by atomic mass is 16.5. The second-order valence-electron chi connectivity index (χ2n) is 4.82. The number of hydrogen-bond acceptors (Lipinski definition) is 4. The minimum Gasteiger partial charge on any atom is -0.497 e. The first-order chi connectivity index (χ1) is 10.0. The van der Waals surface area contributed by atoms with Gasteiger partial charge in [-0.1, -0.05) is 13.3 Å². The lowest BCUT2D eigenvalue weighted by atomic mass is 10.3. The zero-order chi connectivity index (χ0) is 15.7. The third-order valence-corrected chi connectivity index (χ3v) is 2.91. The number of benzene rings is 1. The molecule has 0 aliphatic carbocycles. The van der Waals surface area contributed by atoms with Gasteiger partial charge in [-0.2, -0.15) is 0 Å². The van der Waals surface area contributed by atoms with Gasteiger partial charge in [-0.15, -0.1) is 0 Å². The number of rotatable bonds is 7. The molecular formula is C15H23N3O3. The Morgan fingerprint density at radius 1 is 1.24 bits per heavy atom. The maximum Gasteiger partial charge on any atom is 0.325 e. The molecule has 0 aliphatic rings. The van der Waals surface area contributed by atoms with Gasteiger partial charge in [0.2, 0.25) is 5.91 Å². The molecule has 6 heteroatoms. The van der Waals surface area contributed by atoms with Gasteiger partial charge in [0, 0.05) is 5.69 Å². The molecule has 0 atom stereocenters. The van der Waals surface area contributed by atoms with Gasteiger partial charge in [0.1, 0.15) is 5.75 Å². The molecule has 21 heavy (non-hydrogen) atoms. The van der Waals surface area contributed by atoms with Crippen molar-refractivity contribution in [3.63, 3.8) is 0 Å². The van der Waals surface area contributed by atoms with Crippen molar-refractivity contribution in [3.05, 3.63) is 24.3 Å². The Balaban J connectivity index is 2.36. The van der Waals surface area contributed by atoms with Crippen LogP contribution in [0.5, 0.6) is 5.75 Å². The fraction of sp³-hybridized carbons (Fsp3) is 0.467. The van der Waals surface area contributed by atoms with Crippen LogP contribution < -0.4 is 15.4 Å². The van der Waals surface area contributed by atoms with Crippen LogP contribution in [0.2, 0.25) is 0 Å². The molecule has 0 unspecified atom stereocenters. The number of carbonyl (C=O) groups is 2. The molecular weight excluding hydrogens is 270 g/mol. The Kier molecular flexibility index (Phi) is 7.25.